The highest BCUT2D eigenvalue weighted by atomic mass is 32.2. The molecular weight excluding hydrogens is 245 g/mol. The third-order valence-corrected chi connectivity index (χ3v) is 4.86. The van der Waals surface area contributed by atoms with Gasteiger partial charge < -0.3 is 4.74 Å². The van der Waals surface area contributed by atoms with Crippen LogP contribution in [0.2, 0.25) is 0 Å². The predicted molar refractivity (Wildman–Crippen MR) is 60.6 cm³/mol. The van der Waals surface area contributed by atoms with Gasteiger partial charge >= 0.3 is 0 Å². The molecule has 0 saturated carbocycles. The monoisotopic (exact) mass is 259 g/mol. The Morgan fingerprint density at radius 3 is 2.71 bits per heavy atom. The SMILES string of the molecule is CN(C1CCOC1)S(=O)(=O)c1ccccc1F. The van der Waals surface area contributed by atoms with Gasteiger partial charge in [0.2, 0.25) is 10.0 Å². The van der Waals surface area contributed by atoms with Crippen molar-refractivity contribution in [2.24, 2.45) is 0 Å². The number of rotatable bonds is 3. The first-order valence-corrected chi connectivity index (χ1v) is 6.78. The first-order valence-electron chi connectivity index (χ1n) is 5.34. The zero-order chi connectivity index (χ0) is 12.5. The smallest absolute Gasteiger partial charge is 0.246 e. The summed E-state index contributed by atoms with van der Waals surface area (Å²) in [5.74, 6) is -0.724. The van der Waals surface area contributed by atoms with Crippen molar-refractivity contribution in [1.29, 1.82) is 0 Å². The highest BCUT2D eigenvalue weighted by Crippen LogP contribution is 2.22. The van der Waals surface area contributed by atoms with Crippen molar-refractivity contribution in [3.63, 3.8) is 0 Å². The van der Waals surface area contributed by atoms with E-state index >= 15 is 0 Å². The van der Waals surface area contributed by atoms with E-state index in [1.54, 1.807) is 0 Å². The van der Waals surface area contributed by atoms with Crippen LogP contribution < -0.4 is 0 Å². The van der Waals surface area contributed by atoms with E-state index in [1.165, 1.54) is 29.6 Å². The van der Waals surface area contributed by atoms with Gasteiger partial charge in [-0.1, -0.05) is 12.1 Å². The lowest BCUT2D eigenvalue weighted by molar-refractivity contribution is 0.180. The van der Waals surface area contributed by atoms with Crippen LogP contribution in [0.3, 0.4) is 0 Å². The lowest BCUT2D eigenvalue weighted by atomic mass is 10.3. The molecule has 6 heteroatoms. The lowest BCUT2D eigenvalue weighted by Crippen LogP contribution is -2.37. The summed E-state index contributed by atoms with van der Waals surface area (Å²) in [6.07, 6.45) is 0.643. The summed E-state index contributed by atoms with van der Waals surface area (Å²) in [6, 6.07) is 5.18. The topological polar surface area (TPSA) is 46.6 Å². The Balaban J connectivity index is 2.33. The molecule has 1 aliphatic rings. The van der Waals surface area contributed by atoms with Gasteiger partial charge in [-0.25, -0.2) is 12.8 Å². The summed E-state index contributed by atoms with van der Waals surface area (Å²) >= 11 is 0. The normalized spacial score (nSPS) is 21.0. The van der Waals surface area contributed by atoms with Crippen LogP contribution in [0.25, 0.3) is 0 Å². The minimum absolute atomic E-state index is 0.209. The number of sulfonamides is 1. The maximum absolute atomic E-state index is 13.5. The number of halogens is 1. The summed E-state index contributed by atoms with van der Waals surface area (Å²) in [4.78, 5) is -0.283. The van der Waals surface area contributed by atoms with Gasteiger partial charge in [-0.3, -0.25) is 0 Å². The maximum atomic E-state index is 13.5. The zero-order valence-corrected chi connectivity index (χ0v) is 10.3. The second-order valence-corrected chi connectivity index (χ2v) is 5.94. The molecule has 1 aliphatic heterocycles. The number of likely N-dealkylation sites (N-methyl/N-ethyl adjacent to an activating group) is 1. The Morgan fingerprint density at radius 2 is 2.12 bits per heavy atom. The molecule has 1 aromatic carbocycles. The fourth-order valence-corrected chi connectivity index (χ4v) is 3.25. The molecule has 1 aromatic rings. The van der Waals surface area contributed by atoms with E-state index in [-0.39, 0.29) is 10.9 Å². The van der Waals surface area contributed by atoms with Crippen LogP contribution in [-0.2, 0) is 14.8 Å². The third kappa shape index (κ3) is 2.34. The molecule has 94 valence electrons. The Morgan fingerprint density at radius 1 is 1.41 bits per heavy atom. The molecule has 0 bridgehead atoms. The van der Waals surface area contributed by atoms with Crippen molar-refractivity contribution in [2.75, 3.05) is 20.3 Å². The molecule has 0 N–H and O–H groups in total. The number of hydrogen-bond donors (Lipinski definition) is 0. The largest absolute Gasteiger partial charge is 0.380 e. The molecule has 0 spiro atoms. The van der Waals surface area contributed by atoms with E-state index in [0.717, 1.165) is 6.07 Å². The third-order valence-electron chi connectivity index (χ3n) is 2.91. The summed E-state index contributed by atoms with van der Waals surface area (Å²) in [6.45, 7) is 0.909. The van der Waals surface area contributed by atoms with E-state index in [2.05, 4.69) is 0 Å². The van der Waals surface area contributed by atoms with Gasteiger partial charge in [0.25, 0.3) is 0 Å². The fraction of sp³-hybridized carbons (Fsp3) is 0.455. The summed E-state index contributed by atoms with van der Waals surface area (Å²) in [5, 5.41) is 0. The van der Waals surface area contributed by atoms with Crippen LogP contribution in [0, 0.1) is 5.82 Å². The first kappa shape index (κ1) is 12.5. The summed E-state index contributed by atoms with van der Waals surface area (Å²) in [5.41, 5.74) is 0. The number of ether oxygens (including phenoxy) is 1. The molecule has 0 radical (unpaired) electrons. The Kier molecular flexibility index (Phi) is 3.46. The highest BCUT2D eigenvalue weighted by Gasteiger charge is 2.32. The van der Waals surface area contributed by atoms with Crippen molar-refractivity contribution in [2.45, 2.75) is 17.4 Å². The first-order chi connectivity index (χ1) is 8.03. The molecule has 1 heterocycles. The molecule has 4 nitrogen and oxygen atoms in total. The van der Waals surface area contributed by atoms with E-state index in [9.17, 15) is 12.8 Å². The maximum Gasteiger partial charge on any atom is 0.246 e. The van der Waals surface area contributed by atoms with Gasteiger partial charge in [0.05, 0.1) is 12.6 Å². The van der Waals surface area contributed by atoms with Crippen LogP contribution in [-0.4, -0.2) is 39.0 Å². The highest BCUT2D eigenvalue weighted by molar-refractivity contribution is 7.89. The van der Waals surface area contributed by atoms with E-state index < -0.39 is 15.8 Å². The number of benzene rings is 1. The van der Waals surface area contributed by atoms with E-state index in [0.29, 0.717) is 19.6 Å². The molecule has 0 aliphatic carbocycles. The van der Waals surface area contributed by atoms with Crippen molar-refractivity contribution in [3.8, 4) is 0 Å². The summed E-state index contributed by atoms with van der Waals surface area (Å²) in [7, 11) is -2.32. The minimum Gasteiger partial charge on any atom is -0.380 e. The second-order valence-electron chi connectivity index (χ2n) is 3.97. The molecule has 1 saturated heterocycles. The molecule has 1 fully saturated rings. The van der Waals surface area contributed by atoms with Crippen molar-refractivity contribution in [3.05, 3.63) is 30.1 Å². The van der Waals surface area contributed by atoms with Gasteiger partial charge in [0.15, 0.2) is 0 Å². The number of hydrogen-bond acceptors (Lipinski definition) is 3. The quantitative estimate of drug-likeness (QED) is 0.820. The molecule has 17 heavy (non-hydrogen) atoms. The van der Waals surface area contributed by atoms with Crippen LogP contribution in [0.15, 0.2) is 29.2 Å². The Hall–Kier alpha value is -0.980. The Bertz CT molecular complexity index is 497. The van der Waals surface area contributed by atoms with Crippen LogP contribution >= 0.6 is 0 Å². The molecular formula is C11H14FNO3S. The average molecular weight is 259 g/mol. The van der Waals surface area contributed by atoms with E-state index in [1.807, 2.05) is 0 Å². The summed E-state index contributed by atoms with van der Waals surface area (Å²) < 4.78 is 44.2. The minimum atomic E-state index is -3.77. The van der Waals surface area contributed by atoms with Crippen molar-refractivity contribution in [1.82, 2.24) is 4.31 Å². The van der Waals surface area contributed by atoms with E-state index in [4.69, 9.17) is 4.74 Å². The predicted octanol–water partition coefficient (Wildman–Crippen LogP) is 1.24. The van der Waals surface area contributed by atoms with Gasteiger partial charge in [-0.2, -0.15) is 4.31 Å². The van der Waals surface area contributed by atoms with Gasteiger partial charge in [-0.05, 0) is 18.6 Å². The second kappa shape index (κ2) is 4.72. The van der Waals surface area contributed by atoms with Gasteiger partial charge in [0.1, 0.15) is 10.7 Å². The molecule has 1 atom stereocenters. The molecule has 1 unspecified atom stereocenters. The van der Waals surface area contributed by atoms with Crippen molar-refractivity contribution < 1.29 is 17.5 Å². The van der Waals surface area contributed by atoms with Crippen LogP contribution in [0.5, 0.6) is 0 Å². The standard InChI is InChI=1S/C11H14FNO3S/c1-13(9-6-7-16-8-9)17(14,15)11-5-3-2-4-10(11)12/h2-5,9H,6-8H2,1H3. The number of nitrogens with zero attached hydrogens (tertiary/aromatic N) is 1. The molecule has 2 rings (SSSR count). The lowest BCUT2D eigenvalue weighted by Gasteiger charge is -2.22. The average Bonchev–Trinajstić information content (AvgIpc) is 2.81. The zero-order valence-electron chi connectivity index (χ0n) is 9.47. The van der Waals surface area contributed by atoms with Gasteiger partial charge in [0, 0.05) is 13.7 Å². The molecule has 0 aromatic heterocycles. The van der Waals surface area contributed by atoms with Crippen molar-refractivity contribution >= 4 is 10.0 Å². The van der Waals surface area contributed by atoms with Gasteiger partial charge in [-0.15, -0.1) is 0 Å². The molecule has 0 amide bonds. The van der Waals surface area contributed by atoms with Crippen LogP contribution in [0.1, 0.15) is 6.42 Å². The fourth-order valence-electron chi connectivity index (χ4n) is 1.81. The van der Waals surface area contributed by atoms with Crippen LogP contribution in [0.4, 0.5) is 4.39 Å². The Labute approximate surface area is 100 Å².